The van der Waals surface area contributed by atoms with Crippen LogP contribution in [0, 0.1) is 0 Å². The molecule has 0 radical (unpaired) electrons. The molecule has 1 heterocycles. The lowest BCUT2D eigenvalue weighted by Gasteiger charge is -2.20. The Bertz CT molecular complexity index is 1300. The Morgan fingerprint density at radius 1 is 0.939 bits per heavy atom. The minimum atomic E-state index is -4.00. The summed E-state index contributed by atoms with van der Waals surface area (Å²) in [6, 6.07) is 20.0. The van der Waals surface area contributed by atoms with Gasteiger partial charge in [0.2, 0.25) is 0 Å². The molecule has 1 N–H and O–H groups in total. The van der Waals surface area contributed by atoms with E-state index in [1.807, 2.05) is 54.6 Å². The summed E-state index contributed by atoms with van der Waals surface area (Å²) in [5.41, 5.74) is 1.94. The number of amides is 2. The van der Waals surface area contributed by atoms with Crippen LogP contribution in [0.15, 0.2) is 77.7 Å². The third kappa shape index (κ3) is 4.09. The van der Waals surface area contributed by atoms with Crippen LogP contribution in [-0.4, -0.2) is 37.7 Å². The van der Waals surface area contributed by atoms with E-state index >= 15 is 0 Å². The topological polar surface area (TPSA) is 92.8 Å². The minimum absolute atomic E-state index is 0.0787. The number of fused-ring (bicyclic) bond motifs is 1. The van der Waals surface area contributed by atoms with E-state index in [2.05, 4.69) is 5.32 Å². The van der Waals surface area contributed by atoms with Gasteiger partial charge in [-0.3, -0.25) is 9.59 Å². The summed E-state index contributed by atoms with van der Waals surface area (Å²) in [6.07, 6.45) is 0. The fourth-order valence-corrected chi connectivity index (χ4v) is 5.71. The summed E-state index contributed by atoms with van der Waals surface area (Å²) in [7, 11) is -2.42. The lowest BCUT2D eigenvalue weighted by atomic mass is 9.98. The number of hydrogen-bond donors (Lipinski definition) is 1. The van der Waals surface area contributed by atoms with Gasteiger partial charge in [-0.2, -0.15) is 0 Å². The molecule has 1 aliphatic heterocycles. The van der Waals surface area contributed by atoms with Crippen molar-refractivity contribution in [2.45, 2.75) is 30.8 Å². The second-order valence-electron chi connectivity index (χ2n) is 8.00. The first-order valence-electron chi connectivity index (χ1n) is 10.5. The van der Waals surface area contributed by atoms with Gasteiger partial charge in [0.05, 0.1) is 18.7 Å². The Morgan fingerprint density at radius 2 is 1.58 bits per heavy atom. The number of ether oxygens (including phenoxy) is 1. The molecular weight excluding hydrogens is 440 g/mol. The van der Waals surface area contributed by atoms with Crippen LogP contribution in [0.25, 0.3) is 0 Å². The van der Waals surface area contributed by atoms with Gasteiger partial charge in [0.25, 0.3) is 21.8 Å². The molecule has 0 saturated carbocycles. The third-order valence-electron chi connectivity index (χ3n) is 5.54. The first kappa shape index (κ1) is 22.5. The summed E-state index contributed by atoms with van der Waals surface area (Å²) in [4.78, 5) is 25.6. The zero-order valence-electron chi connectivity index (χ0n) is 18.5. The molecule has 0 fully saturated rings. The van der Waals surface area contributed by atoms with Crippen molar-refractivity contribution >= 4 is 21.8 Å². The highest BCUT2D eigenvalue weighted by Gasteiger charge is 2.43. The van der Waals surface area contributed by atoms with Gasteiger partial charge in [-0.25, -0.2) is 12.7 Å². The van der Waals surface area contributed by atoms with Crippen LogP contribution in [0.3, 0.4) is 0 Å². The van der Waals surface area contributed by atoms with Gasteiger partial charge in [-0.15, -0.1) is 0 Å². The van der Waals surface area contributed by atoms with E-state index in [9.17, 15) is 18.0 Å². The quantitative estimate of drug-likeness (QED) is 0.600. The zero-order valence-corrected chi connectivity index (χ0v) is 19.3. The Labute approximate surface area is 193 Å². The van der Waals surface area contributed by atoms with Crippen LogP contribution in [0.5, 0.6) is 5.75 Å². The Morgan fingerprint density at radius 3 is 2.18 bits per heavy atom. The molecule has 2 amide bonds. The molecule has 33 heavy (non-hydrogen) atoms. The van der Waals surface area contributed by atoms with Crippen LogP contribution in [0.1, 0.15) is 51.7 Å². The fraction of sp³-hybridized carbons (Fsp3) is 0.200. The van der Waals surface area contributed by atoms with E-state index in [0.717, 1.165) is 15.4 Å². The van der Waals surface area contributed by atoms with Crippen molar-refractivity contribution in [3.63, 3.8) is 0 Å². The van der Waals surface area contributed by atoms with E-state index < -0.39 is 33.9 Å². The molecule has 8 heteroatoms. The van der Waals surface area contributed by atoms with E-state index in [1.54, 1.807) is 21.0 Å². The predicted molar refractivity (Wildman–Crippen MR) is 124 cm³/mol. The molecular formula is C25H24N2O5S. The lowest BCUT2D eigenvalue weighted by Crippen LogP contribution is -2.36. The number of carbonyl (C=O) groups excluding carboxylic acids is 2. The van der Waals surface area contributed by atoms with Gasteiger partial charge >= 0.3 is 0 Å². The number of rotatable bonds is 6. The molecule has 0 aromatic heterocycles. The maximum absolute atomic E-state index is 13.2. The van der Waals surface area contributed by atoms with Crippen LogP contribution in [0.4, 0.5) is 0 Å². The second-order valence-corrected chi connectivity index (χ2v) is 9.78. The number of nitrogens with one attached hydrogen (secondary N) is 1. The normalized spacial score (nSPS) is 15.3. The SMILES string of the molecule is COc1ccc(C(NC(=O)c2ccc3c(c2)S(=O)(=O)N(C(C)C)C3=O)c2ccccc2)cc1. The number of benzene rings is 3. The van der Waals surface area contributed by atoms with E-state index in [0.29, 0.717) is 5.75 Å². The first-order chi connectivity index (χ1) is 15.7. The van der Waals surface area contributed by atoms with Gasteiger partial charge in [0, 0.05) is 11.6 Å². The average Bonchev–Trinajstić information content (AvgIpc) is 3.02. The predicted octanol–water partition coefficient (Wildman–Crippen LogP) is 3.77. The van der Waals surface area contributed by atoms with E-state index in [1.165, 1.54) is 18.2 Å². The molecule has 1 aliphatic rings. The molecule has 0 aliphatic carbocycles. The Balaban J connectivity index is 1.69. The second kappa shape index (κ2) is 8.71. The summed E-state index contributed by atoms with van der Waals surface area (Å²) in [5, 5.41) is 2.99. The van der Waals surface area contributed by atoms with Gasteiger partial charge in [0.1, 0.15) is 10.6 Å². The number of nitrogens with zero attached hydrogens (tertiary/aromatic N) is 1. The highest BCUT2D eigenvalue weighted by Crippen LogP contribution is 2.33. The molecule has 0 bridgehead atoms. The molecule has 7 nitrogen and oxygen atoms in total. The molecule has 0 saturated heterocycles. The molecule has 1 unspecified atom stereocenters. The summed E-state index contributed by atoms with van der Waals surface area (Å²) in [6.45, 7) is 3.27. The van der Waals surface area contributed by atoms with Crippen molar-refractivity contribution in [2.75, 3.05) is 7.11 Å². The largest absolute Gasteiger partial charge is 0.497 e. The summed E-state index contributed by atoms with van der Waals surface area (Å²) >= 11 is 0. The van der Waals surface area contributed by atoms with Crippen molar-refractivity contribution in [2.24, 2.45) is 0 Å². The highest BCUT2D eigenvalue weighted by atomic mass is 32.2. The van der Waals surface area contributed by atoms with Crippen molar-refractivity contribution in [1.82, 2.24) is 9.62 Å². The van der Waals surface area contributed by atoms with E-state index in [4.69, 9.17) is 4.74 Å². The minimum Gasteiger partial charge on any atom is -0.497 e. The molecule has 4 rings (SSSR count). The van der Waals surface area contributed by atoms with Crippen molar-refractivity contribution < 1.29 is 22.7 Å². The monoisotopic (exact) mass is 464 g/mol. The van der Waals surface area contributed by atoms with Crippen LogP contribution in [0.2, 0.25) is 0 Å². The van der Waals surface area contributed by atoms with Crippen molar-refractivity contribution in [3.8, 4) is 5.75 Å². The number of hydrogen-bond acceptors (Lipinski definition) is 5. The third-order valence-corrected chi connectivity index (χ3v) is 7.54. The standard InChI is InChI=1S/C25H24N2O5S/c1-16(2)27-25(29)21-14-11-19(15-22(21)33(27,30)31)24(28)26-23(17-7-5-4-6-8-17)18-9-12-20(32-3)13-10-18/h4-16,23H,1-3H3,(H,26,28). The smallest absolute Gasteiger partial charge is 0.269 e. The average molecular weight is 465 g/mol. The maximum Gasteiger partial charge on any atom is 0.269 e. The molecule has 0 spiro atoms. The lowest BCUT2D eigenvalue weighted by molar-refractivity contribution is 0.0845. The van der Waals surface area contributed by atoms with Crippen molar-refractivity contribution in [3.05, 3.63) is 95.1 Å². The van der Waals surface area contributed by atoms with Crippen LogP contribution in [-0.2, 0) is 10.0 Å². The molecule has 3 aromatic carbocycles. The fourth-order valence-electron chi connectivity index (χ4n) is 3.91. The van der Waals surface area contributed by atoms with Crippen LogP contribution < -0.4 is 10.1 Å². The summed E-state index contributed by atoms with van der Waals surface area (Å²) in [5.74, 6) is -0.333. The number of methoxy groups -OCH3 is 1. The number of sulfonamides is 1. The molecule has 3 aromatic rings. The van der Waals surface area contributed by atoms with Gasteiger partial charge in [-0.1, -0.05) is 42.5 Å². The van der Waals surface area contributed by atoms with E-state index in [-0.39, 0.29) is 16.0 Å². The van der Waals surface area contributed by atoms with Crippen LogP contribution >= 0.6 is 0 Å². The maximum atomic E-state index is 13.2. The highest BCUT2D eigenvalue weighted by molar-refractivity contribution is 7.90. The van der Waals surface area contributed by atoms with Gasteiger partial charge in [-0.05, 0) is 55.3 Å². The zero-order chi connectivity index (χ0) is 23.8. The molecule has 1 atom stereocenters. The summed E-state index contributed by atoms with van der Waals surface area (Å²) < 4.78 is 31.9. The van der Waals surface area contributed by atoms with Crippen molar-refractivity contribution in [1.29, 1.82) is 0 Å². The van der Waals surface area contributed by atoms with Gasteiger partial charge in [0.15, 0.2) is 0 Å². The first-order valence-corrected chi connectivity index (χ1v) is 11.9. The molecule has 170 valence electrons. The number of carbonyl (C=O) groups is 2. The Hall–Kier alpha value is -3.65. The Kier molecular flexibility index (Phi) is 5.95. The van der Waals surface area contributed by atoms with Gasteiger partial charge < -0.3 is 10.1 Å².